The summed E-state index contributed by atoms with van der Waals surface area (Å²) in [5.74, 6) is 0. The molecule has 0 aliphatic heterocycles. The van der Waals surface area contributed by atoms with Crippen LogP contribution in [0.4, 0.5) is 0 Å². The van der Waals surface area contributed by atoms with Crippen LogP contribution >= 0.6 is 11.3 Å². The molecule has 0 N–H and O–H groups in total. The van der Waals surface area contributed by atoms with Gasteiger partial charge in [-0.1, -0.05) is 35.9 Å². The molecule has 2 heteroatoms. The number of hydrogen-bond donors (Lipinski definition) is 0. The zero-order chi connectivity index (χ0) is 13.2. The van der Waals surface area contributed by atoms with E-state index in [2.05, 4.69) is 54.4 Å². The number of rotatable bonds is 2. The molecule has 96 valence electrons. The SMILES string of the molecule is CN=C(c1ccc(C)cc1)c1cc2c(s1)C=CCC2. The third-order valence-electron chi connectivity index (χ3n) is 3.47. The van der Waals surface area contributed by atoms with Crippen molar-refractivity contribution in [1.29, 1.82) is 0 Å². The fourth-order valence-corrected chi connectivity index (χ4v) is 3.62. The molecule has 0 atom stereocenters. The second-order valence-corrected chi connectivity index (χ2v) is 5.96. The van der Waals surface area contributed by atoms with Crippen LogP contribution in [0.5, 0.6) is 0 Å². The second kappa shape index (κ2) is 5.14. The molecule has 1 aliphatic rings. The fourth-order valence-electron chi connectivity index (χ4n) is 2.42. The Bertz CT molecular complexity index is 644. The molecule has 1 aliphatic carbocycles. The summed E-state index contributed by atoms with van der Waals surface area (Å²) in [5, 5.41) is 0. The van der Waals surface area contributed by atoms with Gasteiger partial charge >= 0.3 is 0 Å². The largest absolute Gasteiger partial charge is 0.287 e. The van der Waals surface area contributed by atoms with Crippen LogP contribution in [0.1, 0.15) is 32.9 Å². The van der Waals surface area contributed by atoms with Crippen LogP contribution in [0.2, 0.25) is 0 Å². The molecular weight excluding hydrogens is 250 g/mol. The van der Waals surface area contributed by atoms with Gasteiger partial charge in [0.15, 0.2) is 0 Å². The first-order valence-electron chi connectivity index (χ1n) is 6.61. The fraction of sp³-hybridized carbons (Fsp3) is 0.235. The van der Waals surface area contributed by atoms with Crippen molar-refractivity contribution in [2.24, 2.45) is 4.99 Å². The van der Waals surface area contributed by atoms with E-state index in [0.29, 0.717) is 0 Å². The molecule has 0 fully saturated rings. The minimum Gasteiger partial charge on any atom is -0.287 e. The first kappa shape index (κ1) is 12.4. The second-order valence-electron chi connectivity index (χ2n) is 4.88. The van der Waals surface area contributed by atoms with Crippen LogP contribution in [0.3, 0.4) is 0 Å². The van der Waals surface area contributed by atoms with Crippen molar-refractivity contribution in [3.8, 4) is 0 Å². The molecule has 2 aromatic rings. The summed E-state index contributed by atoms with van der Waals surface area (Å²) in [6.07, 6.45) is 6.83. The third kappa shape index (κ3) is 2.41. The van der Waals surface area contributed by atoms with Crippen molar-refractivity contribution in [2.45, 2.75) is 19.8 Å². The summed E-state index contributed by atoms with van der Waals surface area (Å²) in [6, 6.07) is 10.9. The van der Waals surface area contributed by atoms with Gasteiger partial charge in [0.25, 0.3) is 0 Å². The van der Waals surface area contributed by atoms with E-state index in [1.54, 1.807) is 0 Å². The van der Waals surface area contributed by atoms with Gasteiger partial charge in [0.1, 0.15) is 0 Å². The molecule has 0 unspecified atom stereocenters. The monoisotopic (exact) mass is 267 g/mol. The first-order valence-corrected chi connectivity index (χ1v) is 7.43. The van der Waals surface area contributed by atoms with E-state index < -0.39 is 0 Å². The third-order valence-corrected chi connectivity index (χ3v) is 4.62. The maximum Gasteiger partial charge on any atom is 0.0815 e. The first-order chi connectivity index (χ1) is 9.28. The average molecular weight is 267 g/mol. The quantitative estimate of drug-likeness (QED) is 0.711. The Labute approximate surface area is 118 Å². The number of aliphatic imine (C=N–C) groups is 1. The lowest BCUT2D eigenvalue weighted by molar-refractivity contribution is 0.996. The molecule has 0 saturated heterocycles. The van der Waals surface area contributed by atoms with E-state index in [4.69, 9.17) is 0 Å². The average Bonchev–Trinajstić information content (AvgIpc) is 2.85. The number of benzene rings is 1. The van der Waals surface area contributed by atoms with Gasteiger partial charge in [-0.05, 0) is 37.5 Å². The molecule has 0 radical (unpaired) electrons. The molecule has 1 nitrogen and oxygen atoms in total. The zero-order valence-corrected chi connectivity index (χ0v) is 12.1. The Morgan fingerprint density at radius 1 is 1.21 bits per heavy atom. The summed E-state index contributed by atoms with van der Waals surface area (Å²) in [7, 11) is 1.88. The highest BCUT2D eigenvalue weighted by molar-refractivity contribution is 7.15. The lowest BCUT2D eigenvalue weighted by Gasteiger charge is -2.03. The van der Waals surface area contributed by atoms with Crippen molar-refractivity contribution in [3.05, 3.63) is 62.9 Å². The van der Waals surface area contributed by atoms with E-state index in [1.165, 1.54) is 26.4 Å². The van der Waals surface area contributed by atoms with Crippen molar-refractivity contribution >= 4 is 23.1 Å². The summed E-state index contributed by atoms with van der Waals surface area (Å²) in [5.41, 5.74) is 5.06. The number of thiophene rings is 1. The van der Waals surface area contributed by atoms with Gasteiger partial charge in [0.05, 0.1) is 10.6 Å². The minimum absolute atomic E-state index is 1.10. The molecule has 1 heterocycles. The van der Waals surface area contributed by atoms with E-state index in [-0.39, 0.29) is 0 Å². The van der Waals surface area contributed by atoms with Crippen molar-refractivity contribution < 1.29 is 0 Å². The van der Waals surface area contributed by atoms with Crippen LogP contribution in [-0.4, -0.2) is 12.8 Å². The van der Waals surface area contributed by atoms with Gasteiger partial charge < -0.3 is 0 Å². The summed E-state index contributed by atoms with van der Waals surface area (Å²) < 4.78 is 0. The Morgan fingerprint density at radius 3 is 2.68 bits per heavy atom. The van der Waals surface area contributed by atoms with Crippen molar-refractivity contribution in [1.82, 2.24) is 0 Å². The Morgan fingerprint density at radius 2 is 2.00 bits per heavy atom. The maximum atomic E-state index is 4.50. The Balaban J connectivity index is 2.01. The van der Waals surface area contributed by atoms with Crippen LogP contribution < -0.4 is 0 Å². The van der Waals surface area contributed by atoms with Gasteiger partial charge in [-0.15, -0.1) is 11.3 Å². The van der Waals surface area contributed by atoms with E-state index in [9.17, 15) is 0 Å². The molecule has 1 aromatic carbocycles. The lowest BCUT2D eigenvalue weighted by atomic mass is 10.0. The molecule has 1 aromatic heterocycles. The summed E-state index contributed by atoms with van der Waals surface area (Å²) >= 11 is 1.85. The number of hydrogen-bond acceptors (Lipinski definition) is 2. The van der Waals surface area contributed by atoms with Gasteiger partial charge in [-0.2, -0.15) is 0 Å². The molecule has 0 amide bonds. The summed E-state index contributed by atoms with van der Waals surface area (Å²) in [4.78, 5) is 7.18. The zero-order valence-electron chi connectivity index (χ0n) is 11.3. The van der Waals surface area contributed by atoms with Crippen LogP contribution in [0, 0.1) is 6.92 Å². The molecule has 0 saturated carbocycles. The standard InChI is InChI=1S/C17H17NS/c1-12-7-9-13(10-8-12)17(18-2)16-11-14-5-3-4-6-15(14)19-16/h4,6-11H,3,5H2,1-2H3. The molecule has 0 spiro atoms. The van der Waals surface area contributed by atoms with Crippen molar-refractivity contribution in [2.75, 3.05) is 7.05 Å². The van der Waals surface area contributed by atoms with E-state index in [1.807, 2.05) is 18.4 Å². The molecule has 0 bridgehead atoms. The van der Waals surface area contributed by atoms with Crippen LogP contribution in [0.25, 0.3) is 6.08 Å². The highest BCUT2D eigenvalue weighted by Crippen LogP contribution is 2.30. The number of allylic oxidation sites excluding steroid dienone is 1. The Hall–Kier alpha value is -1.67. The normalized spacial score (nSPS) is 14.5. The topological polar surface area (TPSA) is 12.4 Å². The molecular formula is C17H17NS. The highest BCUT2D eigenvalue weighted by atomic mass is 32.1. The number of aryl methyl sites for hydroxylation is 2. The van der Waals surface area contributed by atoms with Gasteiger partial charge in [0, 0.05) is 17.5 Å². The smallest absolute Gasteiger partial charge is 0.0815 e. The minimum atomic E-state index is 1.10. The summed E-state index contributed by atoms with van der Waals surface area (Å²) in [6.45, 7) is 2.11. The maximum absolute atomic E-state index is 4.50. The predicted octanol–water partition coefficient (Wildman–Crippen LogP) is 4.48. The van der Waals surface area contributed by atoms with Crippen LogP contribution in [0.15, 0.2) is 41.4 Å². The lowest BCUT2D eigenvalue weighted by Crippen LogP contribution is -2.00. The van der Waals surface area contributed by atoms with Gasteiger partial charge in [-0.25, -0.2) is 0 Å². The predicted molar refractivity (Wildman–Crippen MR) is 84.4 cm³/mol. The van der Waals surface area contributed by atoms with Gasteiger partial charge in [0.2, 0.25) is 0 Å². The van der Waals surface area contributed by atoms with E-state index >= 15 is 0 Å². The van der Waals surface area contributed by atoms with Crippen molar-refractivity contribution in [3.63, 3.8) is 0 Å². The number of nitrogens with zero attached hydrogens (tertiary/aromatic N) is 1. The molecule has 3 rings (SSSR count). The number of fused-ring (bicyclic) bond motifs is 1. The Kier molecular flexibility index (Phi) is 3.34. The highest BCUT2D eigenvalue weighted by Gasteiger charge is 2.14. The van der Waals surface area contributed by atoms with Crippen LogP contribution in [-0.2, 0) is 6.42 Å². The van der Waals surface area contributed by atoms with Gasteiger partial charge in [-0.3, -0.25) is 4.99 Å². The van der Waals surface area contributed by atoms with E-state index in [0.717, 1.165) is 18.6 Å². The molecule has 19 heavy (non-hydrogen) atoms.